The van der Waals surface area contributed by atoms with Gasteiger partial charge in [0.05, 0.1) is 27.7 Å². The molecule has 0 fully saturated rings. The molecule has 0 amide bonds. The first kappa shape index (κ1) is 38.0. The maximum atomic E-state index is 12.4. The highest BCUT2D eigenvalue weighted by Crippen LogP contribution is 2.43. The molecule has 0 aliphatic heterocycles. The van der Waals surface area contributed by atoms with Crippen LogP contribution in [-0.2, 0) is 32.7 Å². The molecule has 0 bridgehead atoms. The molecular formula is C29H59NO8P+. The van der Waals surface area contributed by atoms with Crippen molar-refractivity contribution in [2.45, 2.75) is 129 Å². The monoisotopic (exact) mass is 580 g/mol. The number of phosphoric ester groups is 1. The van der Waals surface area contributed by atoms with Crippen LogP contribution in [0.2, 0.25) is 0 Å². The van der Waals surface area contributed by atoms with Crippen LogP contribution in [0.3, 0.4) is 0 Å². The fourth-order valence-electron chi connectivity index (χ4n) is 3.89. The second-order valence-electron chi connectivity index (χ2n) is 11.5. The Bertz CT molecular complexity index is 668. The summed E-state index contributed by atoms with van der Waals surface area (Å²) in [5, 5.41) is 0. The highest BCUT2D eigenvalue weighted by atomic mass is 31.2. The van der Waals surface area contributed by atoms with Crippen LogP contribution >= 0.6 is 7.82 Å². The van der Waals surface area contributed by atoms with Crippen LogP contribution in [0.4, 0.5) is 0 Å². The lowest BCUT2D eigenvalue weighted by Gasteiger charge is -2.24. The van der Waals surface area contributed by atoms with E-state index in [0.29, 0.717) is 23.9 Å². The molecule has 0 aliphatic carbocycles. The SMILES string of the molecule is CCCCCCCCCCC(=O)OCC(COP(=O)(O)OCC[N+](C)(C)C)OC(=O)CCCCCCCCC. The van der Waals surface area contributed by atoms with E-state index in [0.717, 1.165) is 38.5 Å². The molecule has 2 unspecified atom stereocenters. The largest absolute Gasteiger partial charge is 0.472 e. The maximum absolute atomic E-state index is 12.4. The van der Waals surface area contributed by atoms with Gasteiger partial charge in [-0.25, -0.2) is 4.57 Å². The normalized spacial score (nSPS) is 14.1. The van der Waals surface area contributed by atoms with Crippen LogP contribution in [0.5, 0.6) is 0 Å². The molecule has 39 heavy (non-hydrogen) atoms. The van der Waals surface area contributed by atoms with Crippen molar-refractivity contribution in [2.24, 2.45) is 0 Å². The summed E-state index contributed by atoms with van der Waals surface area (Å²) in [6.45, 7) is 4.30. The molecule has 0 aromatic heterocycles. The zero-order valence-corrected chi connectivity index (χ0v) is 26.5. The minimum absolute atomic E-state index is 0.0353. The van der Waals surface area contributed by atoms with Gasteiger partial charge in [-0.3, -0.25) is 18.6 Å². The minimum Gasteiger partial charge on any atom is -0.462 e. The number of hydrogen-bond acceptors (Lipinski definition) is 7. The Morgan fingerprint density at radius 3 is 1.64 bits per heavy atom. The van der Waals surface area contributed by atoms with Crippen LogP contribution in [0.1, 0.15) is 123 Å². The molecule has 232 valence electrons. The third-order valence-electron chi connectivity index (χ3n) is 6.39. The van der Waals surface area contributed by atoms with E-state index >= 15 is 0 Å². The number of rotatable bonds is 27. The van der Waals surface area contributed by atoms with Gasteiger partial charge in [0.1, 0.15) is 19.8 Å². The second kappa shape index (κ2) is 23.7. The van der Waals surface area contributed by atoms with E-state index in [1.807, 2.05) is 21.1 Å². The van der Waals surface area contributed by atoms with Gasteiger partial charge < -0.3 is 18.9 Å². The van der Waals surface area contributed by atoms with Gasteiger partial charge in [-0.2, -0.15) is 0 Å². The number of esters is 2. The van der Waals surface area contributed by atoms with Gasteiger partial charge in [-0.1, -0.05) is 97.3 Å². The average Bonchev–Trinajstić information content (AvgIpc) is 2.85. The van der Waals surface area contributed by atoms with Crippen molar-refractivity contribution >= 4 is 19.8 Å². The van der Waals surface area contributed by atoms with E-state index in [1.54, 1.807) is 0 Å². The number of carbonyl (C=O) groups excluding carboxylic acids is 2. The molecule has 0 saturated heterocycles. The molecule has 0 rings (SSSR count). The zero-order chi connectivity index (χ0) is 29.4. The summed E-state index contributed by atoms with van der Waals surface area (Å²) < 4.78 is 33.8. The summed E-state index contributed by atoms with van der Waals surface area (Å²) in [6.07, 6.45) is 16.1. The highest BCUT2D eigenvalue weighted by molar-refractivity contribution is 7.47. The van der Waals surface area contributed by atoms with Crippen LogP contribution in [0, 0.1) is 0 Å². The first-order chi connectivity index (χ1) is 18.5. The molecule has 9 nitrogen and oxygen atoms in total. The van der Waals surface area contributed by atoms with Crippen LogP contribution < -0.4 is 0 Å². The Labute approximate surface area is 238 Å². The van der Waals surface area contributed by atoms with Gasteiger partial charge in [0.15, 0.2) is 6.10 Å². The Hall–Kier alpha value is -0.990. The molecule has 1 N–H and O–H groups in total. The van der Waals surface area contributed by atoms with Gasteiger partial charge in [-0.15, -0.1) is 0 Å². The average molecular weight is 581 g/mol. The van der Waals surface area contributed by atoms with Crippen molar-refractivity contribution in [1.29, 1.82) is 0 Å². The molecule has 0 aromatic rings. The lowest BCUT2D eigenvalue weighted by molar-refractivity contribution is -0.870. The predicted molar refractivity (Wildman–Crippen MR) is 155 cm³/mol. The van der Waals surface area contributed by atoms with Crippen LogP contribution in [-0.4, -0.2) is 74.9 Å². The fourth-order valence-corrected chi connectivity index (χ4v) is 4.63. The van der Waals surface area contributed by atoms with Crippen molar-refractivity contribution < 1.29 is 42.1 Å². The Balaban J connectivity index is 4.55. The van der Waals surface area contributed by atoms with E-state index < -0.39 is 26.5 Å². The lowest BCUT2D eigenvalue weighted by Crippen LogP contribution is -2.37. The van der Waals surface area contributed by atoms with E-state index in [1.165, 1.54) is 51.4 Å². The van der Waals surface area contributed by atoms with E-state index in [-0.39, 0.29) is 25.6 Å². The number of carbonyl (C=O) groups is 2. The second-order valence-corrected chi connectivity index (χ2v) is 13.0. The van der Waals surface area contributed by atoms with Crippen LogP contribution in [0.25, 0.3) is 0 Å². The zero-order valence-electron chi connectivity index (χ0n) is 25.6. The Morgan fingerprint density at radius 2 is 1.15 bits per heavy atom. The Morgan fingerprint density at radius 1 is 0.692 bits per heavy atom. The molecule has 10 heteroatoms. The first-order valence-electron chi connectivity index (χ1n) is 15.3. The summed E-state index contributed by atoms with van der Waals surface area (Å²) in [5.74, 6) is -0.810. The third kappa shape index (κ3) is 27.0. The third-order valence-corrected chi connectivity index (χ3v) is 7.37. The quantitative estimate of drug-likeness (QED) is 0.0481. The van der Waals surface area contributed by atoms with Crippen molar-refractivity contribution in [3.63, 3.8) is 0 Å². The van der Waals surface area contributed by atoms with Crippen LogP contribution in [0.15, 0.2) is 0 Å². The maximum Gasteiger partial charge on any atom is 0.472 e. The van der Waals surface area contributed by atoms with Gasteiger partial charge in [0, 0.05) is 12.8 Å². The number of nitrogens with zero attached hydrogens (tertiary/aromatic N) is 1. The van der Waals surface area contributed by atoms with E-state index in [4.69, 9.17) is 18.5 Å². The smallest absolute Gasteiger partial charge is 0.462 e. The Kier molecular flexibility index (Phi) is 23.1. The number of phosphoric acid groups is 1. The van der Waals surface area contributed by atoms with Crippen molar-refractivity contribution in [3.8, 4) is 0 Å². The van der Waals surface area contributed by atoms with E-state index in [2.05, 4.69) is 13.8 Å². The molecular weight excluding hydrogens is 521 g/mol. The number of likely N-dealkylation sites (N-methyl/N-ethyl adjacent to an activating group) is 1. The van der Waals surface area contributed by atoms with Gasteiger partial charge in [0.25, 0.3) is 0 Å². The topological polar surface area (TPSA) is 108 Å². The number of quaternary nitrogens is 1. The van der Waals surface area contributed by atoms with Gasteiger partial charge in [-0.05, 0) is 12.8 Å². The first-order valence-corrected chi connectivity index (χ1v) is 16.8. The summed E-state index contributed by atoms with van der Waals surface area (Å²) in [7, 11) is 1.48. The van der Waals surface area contributed by atoms with Crippen molar-refractivity contribution in [1.82, 2.24) is 0 Å². The van der Waals surface area contributed by atoms with Crippen molar-refractivity contribution in [3.05, 3.63) is 0 Å². The summed E-state index contributed by atoms with van der Waals surface area (Å²) in [6, 6.07) is 0. The standard InChI is InChI=1S/C29H58NO8P/c1-6-8-10-12-14-16-17-19-21-28(31)35-25-27(26-37-39(33,34)36-24-23-30(3,4)5)38-29(32)22-20-18-15-13-11-9-7-2/h27H,6-26H2,1-5H3/p+1. The van der Waals surface area contributed by atoms with Crippen molar-refractivity contribution in [2.75, 3.05) is 47.5 Å². The summed E-state index contributed by atoms with van der Waals surface area (Å²) in [4.78, 5) is 34.6. The predicted octanol–water partition coefficient (Wildman–Crippen LogP) is 6.95. The van der Waals surface area contributed by atoms with Gasteiger partial charge >= 0.3 is 19.8 Å². The number of hydrogen-bond donors (Lipinski definition) is 1. The fraction of sp³-hybridized carbons (Fsp3) is 0.931. The molecule has 0 radical (unpaired) electrons. The summed E-state index contributed by atoms with van der Waals surface area (Å²) >= 11 is 0. The molecule has 0 aromatic carbocycles. The minimum atomic E-state index is -4.34. The number of unbranched alkanes of at least 4 members (excludes halogenated alkanes) is 13. The van der Waals surface area contributed by atoms with Gasteiger partial charge in [0.2, 0.25) is 0 Å². The molecule has 2 atom stereocenters. The molecule has 0 saturated carbocycles. The highest BCUT2D eigenvalue weighted by Gasteiger charge is 2.27. The molecule has 0 spiro atoms. The molecule has 0 heterocycles. The molecule has 0 aliphatic rings. The lowest BCUT2D eigenvalue weighted by atomic mass is 10.1. The number of ether oxygens (including phenoxy) is 2. The van der Waals surface area contributed by atoms with E-state index in [9.17, 15) is 19.0 Å². The summed E-state index contributed by atoms with van der Waals surface area (Å²) in [5.41, 5.74) is 0.